The van der Waals surface area contributed by atoms with Crippen LogP contribution in [-0.2, 0) is 35.0 Å². The second-order valence-corrected chi connectivity index (χ2v) is 9.72. The van der Waals surface area contributed by atoms with Gasteiger partial charge in [-0.2, -0.15) is 0 Å². The van der Waals surface area contributed by atoms with Gasteiger partial charge in [0, 0.05) is 11.4 Å². The van der Waals surface area contributed by atoms with Gasteiger partial charge in [0.25, 0.3) is 0 Å². The Kier molecular flexibility index (Phi) is 7.96. The monoisotopic (exact) mass is 450 g/mol. The van der Waals surface area contributed by atoms with Gasteiger partial charge >= 0.3 is 5.97 Å². The summed E-state index contributed by atoms with van der Waals surface area (Å²) in [6.07, 6.45) is 0.208. The Morgan fingerprint density at radius 3 is 2.48 bits per heavy atom. The minimum atomic E-state index is -0.694. The number of carbonyl (C=O) groups excluding carboxylic acids is 3. The Bertz CT molecular complexity index is 787. The average Bonchev–Trinajstić information content (AvgIpc) is 3.00. The van der Waals surface area contributed by atoms with Crippen LogP contribution in [0.5, 0.6) is 0 Å². The first kappa shape index (κ1) is 23.6. The van der Waals surface area contributed by atoms with Crippen molar-refractivity contribution in [3.8, 4) is 0 Å². The molecule has 3 rings (SSSR count). The minimum Gasteiger partial charge on any atom is -0.462 e. The third kappa shape index (κ3) is 5.58. The zero-order chi connectivity index (χ0) is 22.4. The van der Waals surface area contributed by atoms with Crippen LogP contribution in [0.1, 0.15) is 26.3 Å². The third-order valence-corrected chi connectivity index (χ3v) is 6.81. The van der Waals surface area contributed by atoms with Gasteiger partial charge < -0.3 is 24.4 Å². The number of rotatable bonds is 11. The van der Waals surface area contributed by atoms with Crippen LogP contribution < -0.4 is 5.32 Å². The number of fused-ring (bicyclic) bond motifs is 1. The van der Waals surface area contributed by atoms with Gasteiger partial charge in [0.15, 0.2) is 0 Å². The van der Waals surface area contributed by atoms with Crippen LogP contribution in [0.15, 0.2) is 30.3 Å². The van der Waals surface area contributed by atoms with Gasteiger partial charge in [0.05, 0.1) is 26.2 Å². The predicted octanol–water partition coefficient (Wildman–Crippen LogP) is 1.37. The quantitative estimate of drug-likeness (QED) is 0.309. The number of nitrogens with one attached hydrogen (secondary N) is 1. The molecule has 0 aromatic heterocycles. The molecule has 1 aromatic carbocycles. The standard InChI is InChI=1S/C22H30N2O6S/c1-4-28-10-11-29-12-13-30-21(27)18-22(2,3)31-20-17(19(26)24(18)20)23-16(25)14-15-8-6-5-7-9-15/h5-9,17-18,20H,4,10-14H2,1-3H3,(H,23,25)/t17-,18?,20?/m1/s1. The lowest BCUT2D eigenvalue weighted by molar-refractivity contribution is -0.165. The highest BCUT2D eigenvalue weighted by atomic mass is 32.2. The highest BCUT2D eigenvalue weighted by Gasteiger charge is 2.64. The van der Waals surface area contributed by atoms with E-state index in [9.17, 15) is 14.4 Å². The lowest BCUT2D eigenvalue weighted by Gasteiger charge is -2.44. The van der Waals surface area contributed by atoms with E-state index < -0.39 is 22.8 Å². The summed E-state index contributed by atoms with van der Waals surface area (Å²) < 4.78 is 15.4. The average molecular weight is 451 g/mol. The van der Waals surface area contributed by atoms with E-state index in [4.69, 9.17) is 14.2 Å². The van der Waals surface area contributed by atoms with Crippen LogP contribution in [0.25, 0.3) is 0 Å². The van der Waals surface area contributed by atoms with E-state index in [2.05, 4.69) is 5.32 Å². The molecule has 2 saturated heterocycles. The van der Waals surface area contributed by atoms with Crippen LogP contribution in [-0.4, -0.2) is 77.9 Å². The van der Waals surface area contributed by atoms with E-state index in [0.29, 0.717) is 19.8 Å². The molecule has 3 atom stereocenters. The van der Waals surface area contributed by atoms with E-state index in [-0.39, 0.29) is 36.8 Å². The minimum absolute atomic E-state index is 0.117. The number of thioether (sulfide) groups is 1. The second-order valence-electron chi connectivity index (χ2n) is 7.94. The van der Waals surface area contributed by atoms with Crippen LogP contribution >= 0.6 is 11.8 Å². The first-order valence-corrected chi connectivity index (χ1v) is 11.4. The number of amides is 2. The van der Waals surface area contributed by atoms with Crippen molar-refractivity contribution in [2.24, 2.45) is 0 Å². The molecule has 2 heterocycles. The van der Waals surface area contributed by atoms with E-state index in [1.54, 1.807) is 0 Å². The van der Waals surface area contributed by atoms with Crippen molar-refractivity contribution in [2.45, 2.75) is 49.4 Å². The zero-order valence-corrected chi connectivity index (χ0v) is 19.0. The topological polar surface area (TPSA) is 94.2 Å². The summed E-state index contributed by atoms with van der Waals surface area (Å²) in [6, 6.07) is 8.05. The summed E-state index contributed by atoms with van der Waals surface area (Å²) in [5, 5.41) is 2.55. The molecule has 2 amide bonds. The first-order valence-electron chi connectivity index (χ1n) is 10.5. The molecular weight excluding hydrogens is 420 g/mol. The van der Waals surface area contributed by atoms with Crippen molar-refractivity contribution in [3.05, 3.63) is 35.9 Å². The second kappa shape index (κ2) is 10.5. The van der Waals surface area contributed by atoms with E-state index >= 15 is 0 Å². The first-order chi connectivity index (χ1) is 14.8. The molecule has 2 unspecified atom stereocenters. The van der Waals surface area contributed by atoms with E-state index in [0.717, 1.165) is 5.56 Å². The molecule has 2 aliphatic rings. The molecule has 1 aromatic rings. The Labute approximate surface area is 187 Å². The molecule has 1 N–H and O–H groups in total. The summed E-state index contributed by atoms with van der Waals surface area (Å²) in [7, 11) is 0. The molecule has 9 heteroatoms. The number of esters is 1. The number of nitrogens with zero attached hydrogens (tertiary/aromatic N) is 1. The summed E-state index contributed by atoms with van der Waals surface area (Å²) in [5.74, 6) is -0.909. The van der Waals surface area contributed by atoms with Gasteiger partial charge in [-0.1, -0.05) is 30.3 Å². The molecule has 0 bridgehead atoms. The van der Waals surface area contributed by atoms with Crippen molar-refractivity contribution < 1.29 is 28.6 Å². The Hall–Kier alpha value is -2.10. The van der Waals surface area contributed by atoms with Crippen molar-refractivity contribution in [2.75, 3.05) is 33.0 Å². The zero-order valence-electron chi connectivity index (χ0n) is 18.2. The largest absolute Gasteiger partial charge is 0.462 e. The van der Waals surface area contributed by atoms with Crippen LogP contribution in [0.3, 0.4) is 0 Å². The van der Waals surface area contributed by atoms with Gasteiger partial charge in [0.1, 0.15) is 24.1 Å². The lowest BCUT2D eigenvalue weighted by Crippen LogP contribution is -2.70. The molecule has 0 aliphatic carbocycles. The summed E-state index contributed by atoms with van der Waals surface area (Å²) >= 11 is 1.51. The maximum absolute atomic E-state index is 12.8. The van der Waals surface area contributed by atoms with Crippen molar-refractivity contribution in [1.29, 1.82) is 0 Å². The molecule has 0 spiro atoms. The lowest BCUT2D eigenvalue weighted by atomic mass is 9.96. The Morgan fingerprint density at radius 1 is 1.10 bits per heavy atom. The summed E-state index contributed by atoms with van der Waals surface area (Å²) in [5.41, 5.74) is 0.882. The van der Waals surface area contributed by atoms with Crippen LogP contribution in [0.2, 0.25) is 0 Å². The highest BCUT2D eigenvalue weighted by Crippen LogP contribution is 2.51. The van der Waals surface area contributed by atoms with Crippen molar-refractivity contribution in [3.63, 3.8) is 0 Å². The molecule has 8 nitrogen and oxygen atoms in total. The molecule has 2 fully saturated rings. The number of hydrogen-bond donors (Lipinski definition) is 1. The van der Waals surface area contributed by atoms with Crippen molar-refractivity contribution in [1.82, 2.24) is 10.2 Å². The van der Waals surface area contributed by atoms with Gasteiger partial charge in [0.2, 0.25) is 11.8 Å². The number of hydrogen-bond acceptors (Lipinski definition) is 7. The number of β-lactam (4-membered cyclic amide) rings is 1. The maximum Gasteiger partial charge on any atom is 0.330 e. The summed E-state index contributed by atoms with van der Waals surface area (Å²) in [6.45, 7) is 7.69. The SMILES string of the molecule is CCOCCOCCOC(=O)C1N2C(=O)[C@@H](NC(=O)Cc3ccccc3)C2SC1(C)C. The molecular formula is C22H30N2O6S. The number of benzene rings is 1. The molecule has 2 aliphatic heterocycles. The fourth-order valence-corrected chi connectivity index (χ4v) is 5.40. The molecule has 170 valence electrons. The van der Waals surface area contributed by atoms with Gasteiger partial charge in [-0.25, -0.2) is 4.79 Å². The van der Waals surface area contributed by atoms with Crippen molar-refractivity contribution >= 4 is 29.5 Å². The smallest absolute Gasteiger partial charge is 0.330 e. The van der Waals surface area contributed by atoms with Crippen LogP contribution in [0.4, 0.5) is 0 Å². The number of carbonyl (C=O) groups is 3. The van der Waals surface area contributed by atoms with E-state index in [1.807, 2.05) is 51.1 Å². The molecule has 0 saturated carbocycles. The Morgan fingerprint density at radius 2 is 1.77 bits per heavy atom. The van der Waals surface area contributed by atoms with Crippen LogP contribution in [0, 0.1) is 0 Å². The van der Waals surface area contributed by atoms with Gasteiger partial charge in [-0.3, -0.25) is 9.59 Å². The van der Waals surface area contributed by atoms with E-state index in [1.165, 1.54) is 16.7 Å². The highest BCUT2D eigenvalue weighted by molar-refractivity contribution is 8.01. The Balaban J connectivity index is 1.49. The number of ether oxygens (including phenoxy) is 3. The fourth-order valence-electron chi connectivity index (χ4n) is 3.78. The third-order valence-electron chi connectivity index (χ3n) is 5.24. The van der Waals surface area contributed by atoms with Gasteiger partial charge in [-0.15, -0.1) is 11.8 Å². The normalized spacial score (nSPS) is 23.8. The maximum atomic E-state index is 12.8. The fraction of sp³-hybridized carbons (Fsp3) is 0.591. The molecule has 31 heavy (non-hydrogen) atoms. The van der Waals surface area contributed by atoms with Gasteiger partial charge in [-0.05, 0) is 26.3 Å². The molecule has 0 radical (unpaired) electrons. The predicted molar refractivity (Wildman–Crippen MR) is 116 cm³/mol. The summed E-state index contributed by atoms with van der Waals surface area (Å²) in [4.78, 5) is 39.4.